The molecule has 1 aliphatic rings. The van der Waals surface area contributed by atoms with E-state index in [1.54, 1.807) is 13.8 Å². The average Bonchev–Trinajstić information content (AvgIpc) is 2.81. The van der Waals surface area contributed by atoms with Crippen LogP contribution in [0.15, 0.2) is 11.4 Å². The molecule has 6 heteroatoms. The standard InChI is InChI=1S/C14H18N2O3S/c1-4-14(5-2)11(17)15-13(19)16(12(14)18)8-10-9(3)6-7-20-10/h6-7H,4-5,8H2,1-3H3,(H,15,17,19). The van der Waals surface area contributed by atoms with Gasteiger partial charge < -0.3 is 0 Å². The molecule has 2 rings (SSSR count). The molecule has 1 aromatic heterocycles. The van der Waals surface area contributed by atoms with Gasteiger partial charge in [0.25, 0.3) is 0 Å². The van der Waals surface area contributed by atoms with Gasteiger partial charge in [-0.05, 0) is 36.8 Å². The van der Waals surface area contributed by atoms with Crippen LogP contribution in [0.4, 0.5) is 4.79 Å². The number of amides is 4. The molecular weight excluding hydrogens is 276 g/mol. The van der Waals surface area contributed by atoms with Gasteiger partial charge >= 0.3 is 6.03 Å². The maximum absolute atomic E-state index is 12.6. The zero-order chi connectivity index (χ0) is 14.9. The van der Waals surface area contributed by atoms with Crippen molar-refractivity contribution in [3.8, 4) is 0 Å². The normalized spacial score (nSPS) is 18.4. The molecule has 1 aromatic rings. The summed E-state index contributed by atoms with van der Waals surface area (Å²) in [7, 11) is 0. The number of imide groups is 2. The average molecular weight is 294 g/mol. The summed E-state index contributed by atoms with van der Waals surface area (Å²) in [6.45, 7) is 5.76. The number of carbonyl (C=O) groups is 3. The molecule has 5 nitrogen and oxygen atoms in total. The Morgan fingerprint density at radius 3 is 2.40 bits per heavy atom. The molecular formula is C14H18N2O3S. The predicted molar refractivity (Wildman–Crippen MR) is 76.2 cm³/mol. The fourth-order valence-electron chi connectivity index (χ4n) is 2.46. The number of rotatable bonds is 4. The summed E-state index contributed by atoms with van der Waals surface area (Å²) in [6.07, 6.45) is 0.780. The lowest BCUT2D eigenvalue weighted by Gasteiger charge is -2.38. The molecule has 20 heavy (non-hydrogen) atoms. The molecule has 2 heterocycles. The van der Waals surface area contributed by atoms with Gasteiger partial charge in [-0.2, -0.15) is 0 Å². The summed E-state index contributed by atoms with van der Waals surface area (Å²) in [5, 5.41) is 4.24. The molecule has 0 saturated carbocycles. The number of carbonyl (C=O) groups excluding carboxylic acids is 3. The molecule has 0 bridgehead atoms. The van der Waals surface area contributed by atoms with Gasteiger partial charge in [0.15, 0.2) is 0 Å². The van der Waals surface area contributed by atoms with Crippen molar-refractivity contribution in [2.24, 2.45) is 5.41 Å². The van der Waals surface area contributed by atoms with Gasteiger partial charge in [0.05, 0.1) is 6.54 Å². The van der Waals surface area contributed by atoms with Gasteiger partial charge in [0.1, 0.15) is 5.41 Å². The van der Waals surface area contributed by atoms with Crippen LogP contribution in [0.5, 0.6) is 0 Å². The summed E-state index contributed by atoms with van der Waals surface area (Å²) in [6, 6.07) is 1.33. The van der Waals surface area contributed by atoms with E-state index in [-0.39, 0.29) is 12.5 Å². The molecule has 1 aliphatic heterocycles. The molecule has 0 radical (unpaired) electrons. The maximum atomic E-state index is 12.6. The molecule has 1 fully saturated rings. The molecule has 0 unspecified atom stereocenters. The van der Waals surface area contributed by atoms with Crippen molar-refractivity contribution >= 4 is 29.2 Å². The summed E-state index contributed by atoms with van der Waals surface area (Å²) < 4.78 is 0. The van der Waals surface area contributed by atoms with E-state index >= 15 is 0 Å². The largest absolute Gasteiger partial charge is 0.331 e. The van der Waals surface area contributed by atoms with E-state index in [0.29, 0.717) is 12.8 Å². The predicted octanol–water partition coefficient (Wildman–Crippen LogP) is 2.44. The number of nitrogens with one attached hydrogen (secondary N) is 1. The number of urea groups is 1. The Hall–Kier alpha value is -1.69. The van der Waals surface area contributed by atoms with Gasteiger partial charge in [-0.25, -0.2) is 4.79 Å². The van der Waals surface area contributed by atoms with Crippen molar-refractivity contribution in [2.45, 2.75) is 40.2 Å². The van der Waals surface area contributed by atoms with Crippen LogP contribution in [0.3, 0.4) is 0 Å². The molecule has 1 saturated heterocycles. The smallest absolute Gasteiger partial charge is 0.277 e. The molecule has 4 amide bonds. The third kappa shape index (κ3) is 2.14. The first-order valence-corrected chi connectivity index (χ1v) is 7.54. The number of barbiturate groups is 1. The summed E-state index contributed by atoms with van der Waals surface area (Å²) in [5.74, 6) is -0.860. The lowest BCUT2D eigenvalue weighted by atomic mass is 9.78. The Kier molecular flexibility index (Phi) is 3.94. The van der Waals surface area contributed by atoms with E-state index in [1.165, 1.54) is 11.3 Å². The van der Waals surface area contributed by atoms with Crippen molar-refractivity contribution in [3.63, 3.8) is 0 Å². The van der Waals surface area contributed by atoms with Crippen LogP contribution in [-0.2, 0) is 16.1 Å². The van der Waals surface area contributed by atoms with Crippen molar-refractivity contribution in [1.82, 2.24) is 10.2 Å². The summed E-state index contributed by atoms with van der Waals surface area (Å²) in [4.78, 5) is 38.7. The van der Waals surface area contributed by atoms with Gasteiger partial charge in [-0.15, -0.1) is 11.3 Å². The van der Waals surface area contributed by atoms with Crippen LogP contribution in [0.25, 0.3) is 0 Å². The highest BCUT2D eigenvalue weighted by atomic mass is 32.1. The summed E-state index contributed by atoms with van der Waals surface area (Å²) in [5.41, 5.74) is -0.0647. The van der Waals surface area contributed by atoms with Crippen molar-refractivity contribution in [3.05, 3.63) is 21.9 Å². The van der Waals surface area contributed by atoms with Crippen LogP contribution >= 0.6 is 11.3 Å². The molecule has 108 valence electrons. The zero-order valence-corrected chi connectivity index (χ0v) is 12.7. The SMILES string of the molecule is CCC1(CC)C(=O)NC(=O)N(Cc2sccc2C)C1=O. The Morgan fingerprint density at radius 1 is 1.25 bits per heavy atom. The lowest BCUT2D eigenvalue weighted by molar-refractivity contribution is -0.152. The van der Waals surface area contributed by atoms with Crippen molar-refractivity contribution < 1.29 is 14.4 Å². The van der Waals surface area contributed by atoms with E-state index in [1.807, 2.05) is 18.4 Å². The number of thiophene rings is 1. The van der Waals surface area contributed by atoms with Gasteiger partial charge in [0, 0.05) is 4.88 Å². The van der Waals surface area contributed by atoms with E-state index in [4.69, 9.17) is 0 Å². The van der Waals surface area contributed by atoms with Crippen molar-refractivity contribution in [1.29, 1.82) is 0 Å². The number of aryl methyl sites for hydroxylation is 1. The van der Waals surface area contributed by atoms with E-state index in [9.17, 15) is 14.4 Å². The van der Waals surface area contributed by atoms with Gasteiger partial charge in [-0.3, -0.25) is 19.8 Å². The highest BCUT2D eigenvalue weighted by Gasteiger charge is 2.51. The Balaban J connectivity index is 2.33. The third-order valence-electron chi connectivity index (χ3n) is 4.03. The minimum absolute atomic E-state index is 0.225. The minimum Gasteiger partial charge on any atom is -0.277 e. The number of nitrogens with zero attached hydrogens (tertiary/aromatic N) is 1. The fourth-order valence-corrected chi connectivity index (χ4v) is 3.35. The monoisotopic (exact) mass is 294 g/mol. The van der Waals surface area contributed by atoms with E-state index in [0.717, 1.165) is 15.3 Å². The highest BCUT2D eigenvalue weighted by Crippen LogP contribution is 2.33. The van der Waals surface area contributed by atoms with E-state index in [2.05, 4.69) is 5.32 Å². The van der Waals surface area contributed by atoms with Gasteiger partial charge in [0.2, 0.25) is 11.8 Å². The quantitative estimate of drug-likeness (QED) is 0.867. The van der Waals surface area contributed by atoms with Gasteiger partial charge in [-0.1, -0.05) is 13.8 Å². The molecule has 0 aliphatic carbocycles. The van der Waals surface area contributed by atoms with E-state index < -0.39 is 17.4 Å². The molecule has 0 spiro atoms. The van der Waals surface area contributed by atoms with Crippen LogP contribution in [0.1, 0.15) is 37.1 Å². The second kappa shape index (κ2) is 5.36. The molecule has 1 N–H and O–H groups in total. The molecule has 0 aromatic carbocycles. The maximum Gasteiger partial charge on any atom is 0.331 e. The van der Waals surface area contributed by atoms with Crippen LogP contribution in [0, 0.1) is 12.3 Å². The van der Waals surface area contributed by atoms with Crippen LogP contribution in [-0.4, -0.2) is 22.7 Å². The zero-order valence-electron chi connectivity index (χ0n) is 11.9. The lowest BCUT2D eigenvalue weighted by Crippen LogP contribution is -2.63. The van der Waals surface area contributed by atoms with Crippen LogP contribution in [0.2, 0.25) is 0 Å². The Morgan fingerprint density at radius 2 is 1.90 bits per heavy atom. The molecule has 0 atom stereocenters. The highest BCUT2D eigenvalue weighted by molar-refractivity contribution is 7.10. The summed E-state index contributed by atoms with van der Waals surface area (Å²) >= 11 is 1.50. The fraction of sp³-hybridized carbons (Fsp3) is 0.500. The number of hydrogen-bond donors (Lipinski definition) is 1. The number of hydrogen-bond acceptors (Lipinski definition) is 4. The Labute approximate surface area is 122 Å². The van der Waals surface area contributed by atoms with Crippen LogP contribution < -0.4 is 5.32 Å². The first-order valence-electron chi connectivity index (χ1n) is 6.66. The van der Waals surface area contributed by atoms with Crippen molar-refractivity contribution in [2.75, 3.05) is 0 Å². The Bertz CT molecular complexity index is 561. The third-order valence-corrected chi connectivity index (χ3v) is 5.04. The minimum atomic E-state index is -1.11. The topological polar surface area (TPSA) is 66.5 Å². The first-order chi connectivity index (χ1) is 9.46. The second-order valence-corrected chi connectivity index (χ2v) is 5.97. The second-order valence-electron chi connectivity index (χ2n) is 4.97. The first kappa shape index (κ1) is 14.7.